The van der Waals surface area contributed by atoms with Gasteiger partial charge in [0, 0.05) is 0 Å². The maximum Gasteiger partial charge on any atom is 0.378 e. The van der Waals surface area contributed by atoms with Gasteiger partial charge in [-0.1, -0.05) is 0 Å². The van der Waals surface area contributed by atoms with Crippen molar-refractivity contribution in [3.8, 4) is 5.75 Å². The molecule has 0 aliphatic carbocycles. The van der Waals surface area contributed by atoms with Crippen molar-refractivity contribution < 1.29 is 18.7 Å². The van der Waals surface area contributed by atoms with Gasteiger partial charge in [0.1, 0.15) is 4.47 Å². The predicted molar refractivity (Wildman–Crippen MR) is 52.0 cm³/mol. The van der Waals surface area contributed by atoms with E-state index in [1.807, 2.05) is 0 Å². The van der Waals surface area contributed by atoms with E-state index in [1.54, 1.807) is 0 Å². The minimum absolute atomic E-state index is 0.0313. The summed E-state index contributed by atoms with van der Waals surface area (Å²) >= 11 is 6.29. The highest BCUT2D eigenvalue weighted by Crippen LogP contribution is 2.38. The molecule has 1 aromatic heterocycles. The third kappa shape index (κ3) is 1.88. The van der Waals surface area contributed by atoms with Crippen LogP contribution in [0.15, 0.2) is 13.6 Å². The zero-order valence-corrected chi connectivity index (χ0v) is 10.1. The highest BCUT2D eigenvalue weighted by atomic mass is 79.9. The van der Waals surface area contributed by atoms with E-state index in [0.29, 0.717) is 14.9 Å². The Labute approximate surface area is 91.4 Å². The Kier molecular flexibility index (Phi) is 3.38. The van der Waals surface area contributed by atoms with Crippen LogP contribution in [0.1, 0.15) is 10.6 Å². The summed E-state index contributed by atoms with van der Waals surface area (Å²) in [6, 6.07) is 0. The molecule has 0 unspecified atom stereocenters. The maximum atomic E-state index is 11.1. The molecule has 13 heavy (non-hydrogen) atoms. The molecule has 1 heterocycles. The molecule has 0 spiro atoms. The van der Waals surface area contributed by atoms with Gasteiger partial charge in [-0.15, -0.1) is 0 Å². The number of hydrogen-bond acceptors (Lipinski definition) is 4. The fourth-order valence-electron chi connectivity index (χ4n) is 0.779. The van der Waals surface area contributed by atoms with E-state index in [0.717, 1.165) is 0 Å². The topological polar surface area (TPSA) is 48.7 Å². The van der Waals surface area contributed by atoms with E-state index in [9.17, 15) is 4.79 Å². The maximum absolute atomic E-state index is 11.1. The van der Waals surface area contributed by atoms with Crippen LogP contribution < -0.4 is 4.74 Å². The van der Waals surface area contributed by atoms with Gasteiger partial charge in [-0.25, -0.2) is 4.79 Å². The second-order valence-corrected chi connectivity index (χ2v) is 3.56. The minimum Gasteiger partial charge on any atom is -0.491 e. The van der Waals surface area contributed by atoms with Gasteiger partial charge in [0.25, 0.3) is 5.76 Å². The van der Waals surface area contributed by atoms with Crippen molar-refractivity contribution in [2.45, 2.75) is 0 Å². The standard InChI is InChI=1S/C7H6Br2O4/c1-11-4-3(8)6(9)13-5(4)7(10)12-2/h1-2H3. The summed E-state index contributed by atoms with van der Waals surface area (Å²) in [5.74, 6) is -0.231. The van der Waals surface area contributed by atoms with E-state index >= 15 is 0 Å². The van der Waals surface area contributed by atoms with Crippen molar-refractivity contribution in [2.75, 3.05) is 14.2 Å². The Morgan fingerprint density at radius 2 is 2.00 bits per heavy atom. The normalized spacial score (nSPS) is 9.85. The number of hydrogen-bond donors (Lipinski definition) is 0. The first-order chi connectivity index (χ1) is 6.11. The predicted octanol–water partition coefficient (Wildman–Crippen LogP) is 2.60. The molecule has 0 atom stereocenters. The first-order valence-electron chi connectivity index (χ1n) is 3.22. The summed E-state index contributed by atoms with van der Waals surface area (Å²) < 4.78 is 15.4. The van der Waals surface area contributed by atoms with E-state index in [-0.39, 0.29) is 5.76 Å². The molecule has 0 N–H and O–H groups in total. The molecule has 0 radical (unpaired) electrons. The second-order valence-electron chi connectivity index (χ2n) is 2.04. The summed E-state index contributed by atoms with van der Waals surface area (Å²) in [4.78, 5) is 11.1. The lowest BCUT2D eigenvalue weighted by atomic mass is 10.4. The summed E-state index contributed by atoms with van der Waals surface area (Å²) in [6.07, 6.45) is 0. The Bertz CT molecular complexity index is 331. The molecule has 0 fully saturated rings. The molecule has 72 valence electrons. The van der Waals surface area contributed by atoms with Gasteiger partial charge in [0.15, 0.2) is 10.4 Å². The number of carbonyl (C=O) groups is 1. The van der Waals surface area contributed by atoms with Gasteiger partial charge in [0.05, 0.1) is 14.2 Å². The van der Waals surface area contributed by atoms with Crippen LogP contribution in [-0.4, -0.2) is 20.2 Å². The van der Waals surface area contributed by atoms with E-state index < -0.39 is 5.97 Å². The van der Waals surface area contributed by atoms with Crippen molar-refractivity contribution in [3.05, 3.63) is 14.9 Å². The molecule has 0 aliphatic heterocycles. The number of furan rings is 1. The van der Waals surface area contributed by atoms with Crippen molar-refractivity contribution in [1.82, 2.24) is 0 Å². The molecule has 0 saturated heterocycles. The number of methoxy groups -OCH3 is 2. The number of ether oxygens (including phenoxy) is 2. The fraction of sp³-hybridized carbons (Fsp3) is 0.286. The van der Waals surface area contributed by atoms with Crippen LogP contribution in [0.3, 0.4) is 0 Å². The molecular weight excluding hydrogens is 308 g/mol. The molecule has 4 nitrogen and oxygen atoms in total. The van der Waals surface area contributed by atoms with Crippen LogP contribution in [0.25, 0.3) is 0 Å². The van der Waals surface area contributed by atoms with Gasteiger partial charge < -0.3 is 13.9 Å². The van der Waals surface area contributed by atoms with Crippen molar-refractivity contribution in [3.63, 3.8) is 0 Å². The van der Waals surface area contributed by atoms with Crippen molar-refractivity contribution in [2.24, 2.45) is 0 Å². The molecule has 0 aromatic carbocycles. The largest absolute Gasteiger partial charge is 0.491 e. The van der Waals surface area contributed by atoms with E-state index in [2.05, 4.69) is 36.6 Å². The average molecular weight is 314 g/mol. The van der Waals surface area contributed by atoms with Crippen LogP contribution in [0.4, 0.5) is 0 Å². The van der Waals surface area contributed by atoms with Gasteiger partial charge in [-0.3, -0.25) is 0 Å². The molecule has 0 bridgehead atoms. The third-order valence-electron chi connectivity index (χ3n) is 1.34. The smallest absolute Gasteiger partial charge is 0.378 e. The number of carbonyl (C=O) groups excluding carboxylic acids is 1. The van der Waals surface area contributed by atoms with Crippen molar-refractivity contribution in [1.29, 1.82) is 0 Å². The average Bonchev–Trinajstić information content (AvgIpc) is 2.42. The Morgan fingerprint density at radius 3 is 2.46 bits per heavy atom. The van der Waals surface area contributed by atoms with Crippen LogP contribution in [0.5, 0.6) is 5.75 Å². The van der Waals surface area contributed by atoms with Crippen LogP contribution in [-0.2, 0) is 4.74 Å². The number of rotatable bonds is 2. The van der Waals surface area contributed by atoms with Gasteiger partial charge >= 0.3 is 5.97 Å². The van der Waals surface area contributed by atoms with Crippen LogP contribution in [0.2, 0.25) is 0 Å². The molecule has 1 aromatic rings. The quantitative estimate of drug-likeness (QED) is 0.787. The van der Waals surface area contributed by atoms with Crippen molar-refractivity contribution >= 4 is 37.8 Å². The fourth-order valence-corrected chi connectivity index (χ4v) is 1.54. The summed E-state index contributed by atoms with van der Waals surface area (Å²) in [6.45, 7) is 0. The second kappa shape index (κ2) is 4.15. The Hall–Kier alpha value is -0.490. The first-order valence-corrected chi connectivity index (χ1v) is 4.80. The summed E-state index contributed by atoms with van der Waals surface area (Å²) in [7, 11) is 2.71. The highest BCUT2D eigenvalue weighted by Gasteiger charge is 2.24. The molecule has 0 aliphatic rings. The van der Waals surface area contributed by atoms with Crippen LogP contribution >= 0.6 is 31.9 Å². The monoisotopic (exact) mass is 312 g/mol. The molecule has 0 saturated carbocycles. The highest BCUT2D eigenvalue weighted by molar-refractivity contribution is 9.13. The SMILES string of the molecule is COC(=O)c1oc(Br)c(Br)c1OC. The lowest BCUT2D eigenvalue weighted by Gasteiger charge is -1.98. The lowest BCUT2D eigenvalue weighted by Crippen LogP contribution is -2.01. The van der Waals surface area contributed by atoms with E-state index in [1.165, 1.54) is 14.2 Å². The van der Waals surface area contributed by atoms with Gasteiger partial charge in [-0.2, -0.15) is 0 Å². The van der Waals surface area contributed by atoms with Gasteiger partial charge in [-0.05, 0) is 31.9 Å². The first kappa shape index (κ1) is 10.6. The minimum atomic E-state index is -0.580. The lowest BCUT2D eigenvalue weighted by molar-refractivity contribution is 0.0558. The summed E-state index contributed by atoms with van der Waals surface area (Å²) in [5, 5.41) is 0. The van der Waals surface area contributed by atoms with E-state index in [4.69, 9.17) is 9.15 Å². The zero-order chi connectivity index (χ0) is 10.0. The molecule has 0 amide bonds. The number of esters is 1. The Morgan fingerprint density at radius 1 is 1.38 bits per heavy atom. The molecule has 6 heteroatoms. The zero-order valence-electron chi connectivity index (χ0n) is 6.89. The number of halogens is 2. The van der Waals surface area contributed by atoms with Gasteiger partial charge in [0.2, 0.25) is 0 Å². The summed E-state index contributed by atoms with van der Waals surface area (Å²) in [5.41, 5.74) is 0. The Balaban J connectivity index is 3.21. The molecular formula is C7H6Br2O4. The molecule has 1 rings (SSSR count). The third-order valence-corrected chi connectivity index (χ3v) is 3.16. The van der Waals surface area contributed by atoms with Crippen LogP contribution in [0, 0.1) is 0 Å².